The number of aromatic nitrogens is 2. The maximum atomic E-state index is 11.5. The zero-order chi connectivity index (χ0) is 15.3. The topological polar surface area (TPSA) is 92.9 Å². The first kappa shape index (κ1) is 16.2. The molecule has 0 aliphatic rings. The van der Waals surface area contributed by atoms with Crippen LogP contribution in [-0.2, 0) is 0 Å². The average molecular weight is 279 g/mol. The molecule has 0 aliphatic carbocycles. The highest BCUT2D eigenvalue weighted by Crippen LogP contribution is 2.30. The number of hydrogen-bond donors (Lipinski definition) is 3. The van der Waals surface area contributed by atoms with Gasteiger partial charge in [-0.25, -0.2) is 4.98 Å². The van der Waals surface area contributed by atoms with Gasteiger partial charge in [-0.2, -0.15) is 4.98 Å². The molecule has 1 heterocycles. The maximum absolute atomic E-state index is 11.5. The Morgan fingerprint density at radius 1 is 1.40 bits per heavy atom. The van der Waals surface area contributed by atoms with Gasteiger partial charge in [0.15, 0.2) is 0 Å². The fourth-order valence-electron chi connectivity index (χ4n) is 2.40. The smallest absolute Gasteiger partial charge is 0.254 e. The lowest BCUT2D eigenvalue weighted by molar-refractivity contribution is 0.1000. The van der Waals surface area contributed by atoms with Crippen molar-refractivity contribution in [3.8, 4) is 0 Å². The molecule has 20 heavy (non-hydrogen) atoms. The fourth-order valence-corrected chi connectivity index (χ4v) is 2.40. The predicted octanol–water partition coefficient (Wildman–Crippen LogP) is 2.24. The Kier molecular flexibility index (Phi) is 5.30. The lowest BCUT2D eigenvalue weighted by Crippen LogP contribution is -2.43. The van der Waals surface area contributed by atoms with Crippen LogP contribution < -0.4 is 16.4 Å². The lowest BCUT2D eigenvalue weighted by Gasteiger charge is -2.38. The van der Waals surface area contributed by atoms with Crippen LogP contribution in [0.25, 0.3) is 0 Å². The molecule has 112 valence electrons. The first-order valence-corrected chi connectivity index (χ1v) is 7.03. The molecule has 0 unspecified atom stereocenters. The van der Waals surface area contributed by atoms with Crippen LogP contribution in [0.15, 0.2) is 6.20 Å². The van der Waals surface area contributed by atoms with E-state index >= 15 is 0 Å². The SMILES string of the molecule is CCC(CC)(Nc1nc(NC)ncc1C(N)=O)C(C)C. The Hall–Kier alpha value is -1.85. The van der Waals surface area contributed by atoms with E-state index in [0.29, 0.717) is 23.2 Å². The van der Waals surface area contributed by atoms with Gasteiger partial charge in [0.1, 0.15) is 5.82 Å². The molecule has 1 aromatic rings. The van der Waals surface area contributed by atoms with E-state index in [1.54, 1.807) is 7.05 Å². The minimum atomic E-state index is -0.528. The number of nitrogens with one attached hydrogen (secondary N) is 2. The largest absolute Gasteiger partial charge is 0.365 e. The maximum Gasteiger partial charge on any atom is 0.254 e. The highest BCUT2D eigenvalue weighted by atomic mass is 16.1. The van der Waals surface area contributed by atoms with Gasteiger partial charge in [0.05, 0.1) is 5.56 Å². The van der Waals surface area contributed by atoms with E-state index in [9.17, 15) is 4.79 Å². The number of amides is 1. The summed E-state index contributed by atoms with van der Waals surface area (Å²) in [5, 5.41) is 6.29. The first-order valence-electron chi connectivity index (χ1n) is 7.03. The van der Waals surface area contributed by atoms with E-state index in [2.05, 4.69) is 48.3 Å². The van der Waals surface area contributed by atoms with Gasteiger partial charge >= 0.3 is 0 Å². The third kappa shape index (κ3) is 3.18. The highest BCUT2D eigenvalue weighted by molar-refractivity contribution is 5.97. The molecule has 1 aromatic heterocycles. The molecular weight excluding hydrogens is 254 g/mol. The van der Waals surface area contributed by atoms with Gasteiger partial charge in [-0.05, 0) is 18.8 Å². The molecule has 0 atom stereocenters. The van der Waals surface area contributed by atoms with Crippen LogP contribution in [-0.4, -0.2) is 28.5 Å². The zero-order valence-corrected chi connectivity index (χ0v) is 12.9. The van der Waals surface area contributed by atoms with Gasteiger partial charge in [0, 0.05) is 18.8 Å². The van der Waals surface area contributed by atoms with Crippen molar-refractivity contribution in [3.05, 3.63) is 11.8 Å². The third-order valence-electron chi connectivity index (χ3n) is 4.01. The Morgan fingerprint density at radius 2 is 2.00 bits per heavy atom. The van der Waals surface area contributed by atoms with Gasteiger partial charge in [-0.3, -0.25) is 4.79 Å². The molecular formula is C14H25N5O. The summed E-state index contributed by atoms with van der Waals surface area (Å²) >= 11 is 0. The number of rotatable bonds is 7. The molecule has 0 saturated heterocycles. The molecule has 4 N–H and O–H groups in total. The molecule has 0 saturated carbocycles. The van der Waals surface area contributed by atoms with E-state index in [4.69, 9.17) is 5.73 Å². The van der Waals surface area contributed by atoms with E-state index in [-0.39, 0.29) is 5.54 Å². The molecule has 1 amide bonds. The van der Waals surface area contributed by atoms with Gasteiger partial charge < -0.3 is 16.4 Å². The van der Waals surface area contributed by atoms with Gasteiger partial charge in [0.25, 0.3) is 5.91 Å². The second kappa shape index (κ2) is 6.54. The van der Waals surface area contributed by atoms with Gasteiger partial charge in [-0.15, -0.1) is 0 Å². The van der Waals surface area contributed by atoms with Crippen LogP contribution in [0.2, 0.25) is 0 Å². The van der Waals surface area contributed by atoms with E-state index < -0.39 is 5.91 Å². The molecule has 0 aliphatic heterocycles. The molecule has 0 bridgehead atoms. The Morgan fingerprint density at radius 3 is 2.40 bits per heavy atom. The predicted molar refractivity (Wildman–Crippen MR) is 81.9 cm³/mol. The van der Waals surface area contributed by atoms with Crippen molar-refractivity contribution >= 4 is 17.7 Å². The van der Waals surface area contributed by atoms with Crippen LogP contribution >= 0.6 is 0 Å². The monoisotopic (exact) mass is 279 g/mol. The summed E-state index contributed by atoms with van der Waals surface area (Å²) in [7, 11) is 1.73. The number of carbonyl (C=O) groups excluding carboxylic acids is 1. The van der Waals surface area contributed by atoms with Crippen molar-refractivity contribution in [2.75, 3.05) is 17.7 Å². The van der Waals surface area contributed by atoms with Crippen molar-refractivity contribution in [1.29, 1.82) is 0 Å². The Balaban J connectivity index is 3.26. The van der Waals surface area contributed by atoms with Crippen molar-refractivity contribution in [1.82, 2.24) is 9.97 Å². The quantitative estimate of drug-likeness (QED) is 0.711. The minimum Gasteiger partial charge on any atom is -0.365 e. The fraction of sp³-hybridized carbons (Fsp3) is 0.643. The summed E-state index contributed by atoms with van der Waals surface area (Å²) in [5.74, 6) is 0.822. The number of anilines is 2. The van der Waals surface area contributed by atoms with Crippen LogP contribution in [0.5, 0.6) is 0 Å². The summed E-state index contributed by atoms with van der Waals surface area (Å²) in [6.07, 6.45) is 3.32. The molecule has 6 heteroatoms. The first-order chi connectivity index (χ1) is 9.40. The highest BCUT2D eigenvalue weighted by Gasteiger charge is 2.31. The van der Waals surface area contributed by atoms with E-state index in [1.807, 2.05) is 0 Å². The van der Waals surface area contributed by atoms with Crippen LogP contribution in [0, 0.1) is 5.92 Å². The number of hydrogen-bond acceptors (Lipinski definition) is 5. The summed E-state index contributed by atoms with van der Waals surface area (Å²) in [5.41, 5.74) is 5.60. The second-order valence-electron chi connectivity index (χ2n) is 5.21. The van der Waals surface area contributed by atoms with Crippen LogP contribution in [0.4, 0.5) is 11.8 Å². The zero-order valence-electron chi connectivity index (χ0n) is 12.9. The average Bonchev–Trinajstić information content (AvgIpc) is 2.43. The third-order valence-corrected chi connectivity index (χ3v) is 4.01. The normalized spacial score (nSPS) is 11.5. The standard InChI is InChI=1S/C14H25N5O/c1-6-14(7-2,9(3)4)19-12-10(11(15)20)8-17-13(16-5)18-12/h8-9H,6-7H2,1-5H3,(H2,15,20)(H2,16,17,18,19). The molecule has 0 radical (unpaired) electrons. The summed E-state index contributed by atoms with van der Waals surface area (Å²) < 4.78 is 0. The van der Waals surface area contributed by atoms with E-state index in [1.165, 1.54) is 6.20 Å². The van der Waals surface area contributed by atoms with E-state index in [0.717, 1.165) is 12.8 Å². The van der Waals surface area contributed by atoms with Crippen molar-refractivity contribution in [2.24, 2.45) is 11.7 Å². The molecule has 6 nitrogen and oxygen atoms in total. The Bertz CT molecular complexity index is 469. The van der Waals surface area contributed by atoms with Gasteiger partial charge in [-0.1, -0.05) is 27.7 Å². The minimum absolute atomic E-state index is 0.121. The van der Waals surface area contributed by atoms with Crippen molar-refractivity contribution in [2.45, 2.75) is 46.1 Å². The summed E-state index contributed by atoms with van der Waals surface area (Å²) in [4.78, 5) is 19.9. The van der Waals surface area contributed by atoms with Crippen LogP contribution in [0.3, 0.4) is 0 Å². The molecule has 0 spiro atoms. The summed E-state index contributed by atoms with van der Waals surface area (Å²) in [6.45, 7) is 8.56. The van der Waals surface area contributed by atoms with Crippen LogP contribution in [0.1, 0.15) is 50.9 Å². The Labute approximate surface area is 120 Å². The number of carbonyl (C=O) groups is 1. The molecule has 0 aromatic carbocycles. The number of primary amides is 1. The van der Waals surface area contributed by atoms with Crippen molar-refractivity contribution in [3.63, 3.8) is 0 Å². The molecule has 1 rings (SSSR count). The second-order valence-corrected chi connectivity index (χ2v) is 5.21. The number of nitrogens with two attached hydrogens (primary N) is 1. The van der Waals surface area contributed by atoms with Crippen molar-refractivity contribution < 1.29 is 4.79 Å². The summed E-state index contributed by atoms with van der Waals surface area (Å²) in [6, 6.07) is 0. The lowest BCUT2D eigenvalue weighted by atomic mass is 9.81. The number of nitrogens with zero attached hydrogens (tertiary/aromatic N) is 2. The van der Waals surface area contributed by atoms with Gasteiger partial charge in [0.2, 0.25) is 5.95 Å². The molecule has 0 fully saturated rings.